The van der Waals surface area contributed by atoms with Crippen molar-refractivity contribution in [3.8, 4) is 5.75 Å². The number of carbonyl (C=O) groups is 1. The number of phenols is 1. The Kier molecular flexibility index (Phi) is 5.87. The zero-order valence-corrected chi connectivity index (χ0v) is 16.5. The van der Waals surface area contributed by atoms with Gasteiger partial charge >= 0.3 is 0 Å². The van der Waals surface area contributed by atoms with Gasteiger partial charge in [-0.3, -0.25) is 10.2 Å². The molecule has 0 radical (unpaired) electrons. The van der Waals surface area contributed by atoms with Gasteiger partial charge in [0.15, 0.2) is 0 Å². The lowest BCUT2D eigenvalue weighted by molar-refractivity contribution is 0.0950. The molecule has 0 bridgehead atoms. The minimum absolute atomic E-state index is 0.0648. The first-order chi connectivity index (χ1) is 13.4. The van der Waals surface area contributed by atoms with Gasteiger partial charge in [0.1, 0.15) is 11.6 Å². The van der Waals surface area contributed by atoms with Gasteiger partial charge in [-0.2, -0.15) is 0 Å². The molecule has 0 atom stereocenters. The Balaban J connectivity index is 1.69. The number of rotatable bonds is 6. The molecule has 148 valence electrons. The van der Waals surface area contributed by atoms with Gasteiger partial charge in [-0.1, -0.05) is 12.8 Å². The maximum absolute atomic E-state index is 12.6. The van der Waals surface area contributed by atoms with Gasteiger partial charge in [0.2, 0.25) is 0 Å². The van der Waals surface area contributed by atoms with Crippen molar-refractivity contribution in [1.29, 1.82) is 5.41 Å². The van der Waals surface area contributed by atoms with Crippen LogP contribution in [0, 0.1) is 12.3 Å². The van der Waals surface area contributed by atoms with Crippen molar-refractivity contribution < 1.29 is 9.90 Å². The summed E-state index contributed by atoms with van der Waals surface area (Å²) >= 11 is 0. The lowest BCUT2D eigenvalue weighted by Crippen LogP contribution is -2.29. The third-order valence-corrected chi connectivity index (χ3v) is 5.54. The summed E-state index contributed by atoms with van der Waals surface area (Å²) < 4.78 is 0. The number of aromatic hydroxyl groups is 1. The molecular formula is C22H28N4O2. The molecule has 6 nitrogen and oxygen atoms in total. The van der Waals surface area contributed by atoms with Crippen molar-refractivity contribution in [3.05, 3.63) is 58.7 Å². The van der Waals surface area contributed by atoms with Gasteiger partial charge < -0.3 is 21.1 Å². The smallest absolute Gasteiger partial charge is 0.251 e. The predicted octanol–water partition coefficient (Wildman–Crippen LogP) is 3.29. The normalized spacial score (nSPS) is 14.1. The molecule has 0 unspecified atom stereocenters. The fourth-order valence-corrected chi connectivity index (χ4v) is 3.85. The van der Waals surface area contributed by atoms with Gasteiger partial charge in [-0.25, -0.2) is 0 Å². The molecule has 1 amide bonds. The first-order valence-corrected chi connectivity index (χ1v) is 9.65. The second-order valence-electron chi connectivity index (χ2n) is 7.49. The highest BCUT2D eigenvalue weighted by atomic mass is 16.3. The van der Waals surface area contributed by atoms with Crippen LogP contribution in [0.2, 0.25) is 0 Å². The quantitative estimate of drug-likeness (QED) is 0.456. The van der Waals surface area contributed by atoms with Crippen LogP contribution in [0.5, 0.6) is 5.75 Å². The fraction of sp³-hybridized carbons (Fsp3) is 0.364. The molecule has 2 aromatic carbocycles. The Morgan fingerprint density at radius 2 is 1.89 bits per heavy atom. The van der Waals surface area contributed by atoms with Crippen molar-refractivity contribution in [3.63, 3.8) is 0 Å². The van der Waals surface area contributed by atoms with Gasteiger partial charge in [0.25, 0.3) is 5.91 Å². The summed E-state index contributed by atoms with van der Waals surface area (Å²) in [5, 5.41) is 20.3. The van der Waals surface area contributed by atoms with Crippen LogP contribution in [0.3, 0.4) is 0 Å². The number of hydrogen-bond donors (Lipinski definition) is 4. The van der Waals surface area contributed by atoms with Crippen molar-refractivity contribution in [2.75, 3.05) is 11.9 Å². The number of carbonyl (C=O) groups excluding carboxylic acids is 1. The second-order valence-corrected chi connectivity index (χ2v) is 7.49. The van der Waals surface area contributed by atoms with Crippen molar-refractivity contribution in [2.24, 2.45) is 5.73 Å². The molecule has 1 saturated carbocycles. The highest BCUT2D eigenvalue weighted by molar-refractivity contribution is 5.96. The first-order valence-electron chi connectivity index (χ1n) is 9.65. The molecule has 3 rings (SSSR count). The van der Waals surface area contributed by atoms with Gasteiger partial charge in [0, 0.05) is 42.0 Å². The second kappa shape index (κ2) is 8.33. The average molecular weight is 380 g/mol. The maximum atomic E-state index is 12.6. The van der Waals surface area contributed by atoms with Crippen LogP contribution in [0.4, 0.5) is 5.69 Å². The number of benzene rings is 2. The van der Waals surface area contributed by atoms with Gasteiger partial charge in [-0.05, 0) is 61.7 Å². The standard InChI is InChI=1S/C22H28N4O2/c1-14-11-16(7-9-19(14)26(2)18-5-3-4-6-18)22(28)25-13-17-12-15(21(23)24)8-10-20(17)27/h7-12,18,27H,3-6,13H2,1-2H3,(H3,23,24)(H,25,28). The van der Waals surface area contributed by atoms with Crippen LogP contribution in [-0.2, 0) is 6.54 Å². The number of amides is 1. The Hall–Kier alpha value is -3.02. The van der Waals surface area contributed by atoms with Crippen LogP contribution < -0.4 is 16.0 Å². The van der Waals surface area contributed by atoms with E-state index in [2.05, 4.69) is 17.3 Å². The Bertz CT molecular complexity index is 888. The highest BCUT2D eigenvalue weighted by Gasteiger charge is 2.21. The summed E-state index contributed by atoms with van der Waals surface area (Å²) in [4.78, 5) is 14.9. The molecule has 0 aromatic heterocycles. The van der Waals surface area contributed by atoms with Crippen molar-refractivity contribution in [2.45, 2.75) is 45.2 Å². The average Bonchev–Trinajstić information content (AvgIpc) is 3.21. The molecule has 0 aliphatic heterocycles. The van der Waals surface area contributed by atoms with E-state index in [1.165, 1.54) is 31.7 Å². The summed E-state index contributed by atoms with van der Waals surface area (Å²) in [6, 6.07) is 11.0. The third-order valence-electron chi connectivity index (χ3n) is 5.54. The largest absolute Gasteiger partial charge is 0.508 e. The Morgan fingerprint density at radius 1 is 1.21 bits per heavy atom. The third kappa shape index (κ3) is 4.27. The molecule has 0 spiro atoms. The summed E-state index contributed by atoms with van der Waals surface area (Å²) in [6.07, 6.45) is 5.01. The minimum atomic E-state index is -0.203. The van der Waals surface area contributed by atoms with E-state index >= 15 is 0 Å². The van der Waals surface area contributed by atoms with E-state index in [0.29, 0.717) is 22.7 Å². The zero-order chi connectivity index (χ0) is 20.3. The number of phenolic OH excluding ortho intramolecular Hbond substituents is 1. The van der Waals surface area contributed by atoms with E-state index in [-0.39, 0.29) is 24.0 Å². The molecular weight excluding hydrogens is 352 g/mol. The monoisotopic (exact) mass is 380 g/mol. The molecule has 1 aliphatic carbocycles. The first kappa shape index (κ1) is 19.7. The van der Waals surface area contributed by atoms with Crippen LogP contribution >= 0.6 is 0 Å². The number of aryl methyl sites for hydroxylation is 1. The highest BCUT2D eigenvalue weighted by Crippen LogP contribution is 2.29. The topological polar surface area (TPSA) is 102 Å². The van der Waals surface area contributed by atoms with Crippen LogP contribution in [0.1, 0.15) is 52.7 Å². The number of nitrogens with two attached hydrogens (primary N) is 1. The van der Waals surface area contributed by atoms with Crippen LogP contribution in [0.25, 0.3) is 0 Å². The molecule has 5 N–H and O–H groups in total. The maximum Gasteiger partial charge on any atom is 0.251 e. The lowest BCUT2D eigenvalue weighted by Gasteiger charge is -2.28. The van der Waals surface area contributed by atoms with Crippen LogP contribution in [0.15, 0.2) is 36.4 Å². The zero-order valence-electron chi connectivity index (χ0n) is 16.5. The molecule has 2 aromatic rings. The van der Waals surface area contributed by atoms with E-state index in [0.717, 1.165) is 11.3 Å². The number of nitrogen functional groups attached to an aromatic ring is 1. The number of hydrogen-bond acceptors (Lipinski definition) is 4. The lowest BCUT2D eigenvalue weighted by atomic mass is 10.1. The molecule has 1 aliphatic rings. The minimum Gasteiger partial charge on any atom is -0.508 e. The number of nitrogens with one attached hydrogen (secondary N) is 2. The summed E-state index contributed by atoms with van der Waals surface area (Å²) in [7, 11) is 2.13. The molecule has 28 heavy (non-hydrogen) atoms. The number of amidine groups is 1. The Morgan fingerprint density at radius 3 is 2.54 bits per heavy atom. The van der Waals surface area contributed by atoms with E-state index in [9.17, 15) is 9.90 Å². The van der Waals surface area contributed by atoms with Gasteiger partial charge in [0.05, 0.1) is 0 Å². The SMILES string of the molecule is Cc1cc(C(=O)NCc2cc(C(=N)N)ccc2O)ccc1N(C)C1CCCC1. The molecule has 0 saturated heterocycles. The van der Waals surface area contributed by atoms with Crippen molar-refractivity contribution >= 4 is 17.4 Å². The molecule has 0 heterocycles. The Labute approximate surface area is 165 Å². The number of nitrogens with zero attached hydrogens (tertiary/aromatic N) is 1. The van der Waals surface area contributed by atoms with Gasteiger partial charge in [-0.15, -0.1) is 0 Å². The van der Waals surface area contributed by atoms with Crippen LogP contribution in [-0.4, -0.2) is 29.9 Å². The summed E-state index contributed by atoms with van der Waals surface area (Å²) in [6.45, 7) is 2.19. The fourth-order valence-electron chi connectivity index (χ4n) is 3.85. The molecule has 1 fully saturated rings. The number of anilines is 1. The molecule has 6 heteroatoms. The van der Waals surface area contributed by atoms with E-state index in [1.54, 1.807) is 12.1 Å². The van der Waals surface area contributed by atoms with E-state index in [1.807, 2.05) is 25.1 Å². The van der Waals surface area contributed by atoms with E-state index < -0.39 is 0 Å². The summed E-state index contributed by atoms with van der Waals surface area (Å²) in [5.74, 6) is -0.217. The predicted molar refractivity (Wildman–Crippen MR) is 112 cm³/mol. The summed E-state index contributed by atoms with van der Waals surface area (Å²) in [5.41, 5.74) is 9.35. The van der Waals surface area contributed by atoms with Crippen molar-refractivity contribution in [1.82, 2.24) is 5.32 Å². The van der Waals surface area contributed by atoms with E-state index in [4.69, 9.17) is 11.1 Å².